The Morgan fingerprint density at radius 1 is 0.867 bits per heavy atom. The first-order valence-electron chi connectivity index (χ1n) is 5.61. The molecule has 0 atom stereocenters. The molecule has 0 aromatic carbocycles. The van der Waals surface area contributed by atoms with E-state index in [0.717, 1.165) is 0 Å². The second-order valence-electron chi connectivity index (χ2n) is 4.09. The zero-order valence-corrected chi connectivity index (χ0v) is 9.52. The molecule has 0 fully saturated rings. The Labute approximate surface area is 94.6 Å². The van der Waals surface area contributed by atoms with Gasteiger partial charge in [-0.15, -0.1) is 11.3 Å². The van der Waals surface area contributed by atoms with Crippen LogP contribution in [0.15, 0.2) is 24.3 Å². The van der Waals surface area contributed by atoms with Gasteiger partial charge in [0.25, 0.3) is 0 Å². The highest BCUT2D eigenvalue weighted by atomic mass is 32.1. The summed E-state index contributed by atoms with van der Waals surface area (Å²) in [6.07, 6.45) is 18.3. The van der Waals surface area contributed by atoms with E-state index in [1.54, 1.807) is 10.4 Å². The second kappa shape index (κ2) is 3.82. The van der Waals surface area contributed by atoms with E-state index in [0.29, 0.717) is 0 Å². The fraction of sp³-hybridized carbons (Fsp3) is 0.286. The van der Waals surface area contributed by atoms with Crippen LogP contribution in [0.25, 0.3) is 12.2 Å². The molecule has 1 heterocycles. The Balaban J connectivity index is 2.16. The molecular weight excluding hydrogens is 200 g/mol. The molecule has 1 heteroatoms. The molecule has 0 aliphatic heterocycles. The molecule has 76 valence electrons. The number of hydrogen-bond donors (Lipinski definition) is 0. The molecule has 0 bridgehead atoms. The van der Waals surface area contributed by atoms with Crippen molar-refractivity contribution in [3.8, 4) is 0 Å². The van der Waals surface area contributed by atoms with E-state index >= 15 is 0 Å². The lowest BCUT2D eigenvalue weighted by atomic mass is 9.94. The topological polar surface area (TPSA) is 0 Å². The van der Waals surface area contributed by atoms with Crippen LogP contribution in [0.5, 0.6) is 0 Å². The summed E-state index contributed by atoms with van der Waals surface area (Å²) >= 11 is 1.99. The number of rotatable bonds is 0. The minimum atomic E-state index is 1.28. The highest BCUT2D eigenvalue weighted by Gasteiger charge is 2.17. The fourth-order valence-electron chi connectivity index (χ4n) is 2.34. The number of allylic oxidation sites excluding steroid dienone is 4. The quantitative estimate of drug-likeness (QED) is 0.606. The molecule has 2 aliphatic carbocycles. The summed E-state index contributed by atoms with van der Waals surface area (Å²) in [6.45, 7) is 0. The van der Waals surface area contributed by atoms with Gasteiger partial charge in [-0.1, -0.05) is 30.4 Å². The molecule has 1 aromatic rings. The van der Waals surface area contributed by atoms with E-state index in [1.807, 2.05) is 11.3 Å². The van der Waals surface area contributed by atoms with Gasteiger partial charge >= 0.3 is 0 Å². The van der Waals surface area contributed by atoms with E-state index in [9.17, 15) is 0 Å². The predicted molar refractivity (Wildman–Crippen MR) is 68.2 cm³/mol. The molecule has 0 spiro atoms. The Morgan fingerprint density at radius 3 is 2.60 bits per heavy atom. The van der Waals surface area contributed by atoms with Crippen LogP contribution < -0.4 is 0 Å². The van der Waals surface area contributed by atoms with E-state index in [-0.39, 0.29) is 0 Å². The minimum Gasteiger partial charge on any atom is -0.140 e. The summed E-state index contributed by atoms with van der Waals surface area (Å²) in [7, 11) is 0. The average Bonchev–Trinajstić information content (AvgIpc) is 2.55. The van der Waals surface area contributed by atoms with Gasteiger partial charge < -0.3 is 0 Å². The third-order valence-electron chi connectivity index (χ3n) is 3.08. The lowest BCUT2D eigenvalue weighted by Crippen LogP contribution is -1.99. The zero-order chi connectivity index (χ0) is 10.1. The summed E-state index contributed by atoms with van der Waals surface area (Å²) in [5.74, 6) is 0. The van der Waals surface area contributed by atoms with Crippen LogP contribution in [0.2, 0.25) is 0 Å². The van der Waals surface area contributed by atoms with Crippen LogP contribution in [0.4, 0.5) is 0 Å². The highest BCUT2D eigenvalue weighted by Crippen LogP contribution is 2.36. The molecule has 0 amide bonds. The molecule has 0 saturated carbocycles. The first-order chi connectivity index (χ1) is 7.45. The van der Waals surface area contributed by atoms with Crippen LogP contribution in [0.3, 0.4) is 0 Å². The number of aryl methyl sites for hydroxylation is 1. The van der Waals surface area contributed by atoms with Crippen LogP contribution in [-0.4, -0.2) is 0 Å². The molecule has 1 aromatic heterocycles. The molecule has 2 aliphatic rings. The smallest absolute Gasteiger partial charge is 0.0348 e. The van der Waals surface area contributed by atoms with Crippen molar-refractivity contribution in [1.29, 1.82) is 0 Å². The number of thiophene rings is 1. The van der Waals surface area contributed by atoms with Crippen molar-refractivity contribution in [2.45, 2.75) is 25.7 Å². The first kappa shape index (κ1) is 9.17. The van der Waals surface area contributed by atoms with Crippen molar-refractivity contribution < 1.29 is 0 Å². The van der Waals surface area contributed by atoms with Crippen LogP contribution in [0, 0.1) is 0 Å². The maximum absolute atomic E-state index is 2.27. The summed E-state index contributed by atoms with van der Waals surface area (Å²) in [4.78, 5) is 3.07. The largest absolute Gasteiger partial charge is 0.140 e. The predicted octanol–water partition coefficient (Wildman–Crippen LogP) is 4.22. The van der Waals surface area contributed by atoms with Crippen molar-refractivity contribution >= 4 is 23.5 Å². The molecule has 15 heavy (non-hydrogen) atoms. The van der Waals surface area contributed by atoms with Gasteiger partial charge in [0.05, 0.1) is 0 Å². The van der Waals surface area contributed by atoms with Gasteiger partial charge in [0.1, 0.15) is 0 Å². The number of fused-ring (bicyclic) bond motifs is 3. The molecule has 0 unspecified atom stereocenters. The van der Waals surface area contributed by atoms with Crippen LogP contribution in [0.1, 0.15) is 33.7 Å². The summed E-state index contributed by atoms with van der Waals surface area (Å²) < 4.78 is 0. The van der Waals surface area contributed by atoms with Crippen molar-refractivity contribution in [3.63, 3.8) is 0 Å². The zero-order valence-electron chi connectivity index (χ0n) is 8.70. The van der Waals surface area contributed by atoms with Gasteiger partial charge in [-0.05, 0) is 42.9 Å². The average molecular weight is 214 g/mol. The van der Waals surface area contributed by atoms with Crippen molar-refractivity contribution in [2.75, 3.05) is 0 Å². The van der Waals surface area contributed by atoms with Gasteiger partial charge in [0.2, 0.25) is 0 Å². The Hall–Kier alpha value is -1.08. The van der Waals surface area contributed by atoms with E-state index in [2.05, 4.69) is 36.5 Å². The van der Waals surface area contributed by atoms with Gasteiger partial charge in [-0.2, -0.15) is 0 Å². The fourth-order valence-corrected chi connectivity index (χ4v) is 3.64. The first-order valence-corrected chi connectivity index (χ1v) is 6.43. The van der Waals surface area contributed by atoms with Gasteiger partial charge in [0.15, 0.2) is 0 Å². The summed E-state index contributed by atoms with van der Waals surface area (Å²) in [6, 6.07) is 0. The van der Waals surface area contributed by atoms with E-state index in [1.165, 1.54) is 36.1 Å². The molecule has 0 nitrogen and oxygen atoms in total. The lowest BCUT2D eigenvalue weighted by molar-refractivity contribution is 0.696. The maximum atomic E-state index is 2.27. The Morgan fingerprint density at radius 2 is 1.67 bits per heavy atom. The van der Waals surface area contributed by atoms with Gasteiger partial charge in [-0.25, -0.2) is 0 Å². The van der Waals surface area contributed by atoms with Gasteiger partial charge in [0, 0.05) is 9.75 Å². The van der Waals surface area contributed by atoms with Crippen molar-refractivity contribution in [2.24, 2.45) is 0 Å². The Bertz CT molecular complexity index is 458. The third kappa shape index (κ3) is 1.61. The molecular formula is C14H14S. The van der Waals surface area contributed by atoms with Crippen LogP contribution >= 0.6 is 11.3 Å². The normalized spacial score (nSPS) is 24.5. The lowest BCUT2D eigenvalue weighted by Gasteiger charge is -2.11. The second-order valence-corrected chi connectivity index (χ2v) is 5.23. The summed E-state index contributed by atoms with van der Waals surface area (Å²) in [5, 5.41) is 0. The van der Waals surface area contributed by atoms with Crippen LogP contribution in [-0.2, 0) is 12.8 Å². The SMILES string of the molecule is C1=C\C=C/c2c(sc3c2CCCC3)\C=C/1. The molecule has 0 saturated heterocycles. The van der Waals surface area contributed by atoms with Gasteiger partial charge in [-0.3, -0.25) is 0 Å². The monoisotopic (exact) mass is 214 g/mol. The standard InChI is InChI=1S/C14H14S/c1-2-4-9-13-11(7-3-1)12-8-5-6-10-14(12)15-13/h1-4,7,9H,5-6,8,10H2/b2-1-,3-1?,4-2?,7-3-,9-4-,11-7?,13-9?. The number of hydrogen-bond acceptors (Lipinski definition) is 1. The molecule has 0 N–H and O–H groups in total. The highest BCUT2D eigenvalue weighted by molar-refractivity contribution is 7.13. The minimum absolute atomic E-state index is 1.28. The van der Waals surface area contributed by atoms with Crippen molar-refractivity contribution in [1.82, 2.24) is 0 Å². The third-order valence-corrected chi connectivity index (χ3v) is 4.36. The van der Waals surface area contributed by atoms with Crippen molar-refractivity contribution in [3.05, 3.63) is 45.2 Å². The molecule has 3 rings (SSSR count). The molecule has 0 radical (unpaired) electrons. The Kier molecular flexibility index (Phi) is 2.34. The maximum Gasteiger partial charge on any atom is 0.0348 e. The van der Waals surface area contributed by atoms with E-state index in [4.69, 9.17) is 0 Å². The summed E-state index contributed by atoms with van der Waals surface area (Å²) in [5.41, 5.74) is 3.10. The van der Waals surface area contributed by atoms with E-state index < -0.39 is 0 Å².